The van der Waals surface area contributed by atoms with E-state index >= 15 is 0 Å². The Kier molecular flexibility index (Phi) is 8.18. The third-order valence-electron chi connectivity index (χ3n) is 5.59. The molecule has 0 unspecified atom stereocenters. The van der Waals surface area contributed by atoms with Gasteiger partial charge in [0.25, 0.3) is 0 Å². The van der Waals surface area contributed by atoms with Crippen molar-refractivity contribution in [2.24, 2.45) is 5.73 Å². The molecule has 182 valence electrons. The maximum absolute atomic E-state index is 13.7. The van der Waals surface area contributed by atoms with Gasteiger partial charge in [-0.25, -0.2) is 4.79 Å². The van der Waals surface area contributed by atoms with Gasteiger partial charge < -0.3 is 10.5 Å². The van der Waals surface area contributed by atoms with Gasteiger partial charge in [0.1, 0.15) is 22.1 Å². The average Bonchev–Trinajstić information content (AvgIpc) is 3.30. The second-order valence-electron chi connectivity index (χ2n) is 7.87. The minimum Gasteiger partial charge on any atom is -0.448 e. The molecule has 2 aliphatic heterocycles. The van der Waals surface area contributed by atoms with Crippen LogP contribution in [-0.4, -0.2) is 49.9 Å². The van der Waals surface area contributed by atoms with E-state index in [0.717, 1.165) is 26.0 Å². The summed E-state index contributed by atoms with van der Waals surface area (Å²) in [5.74, 6) is 0.333. The fourth-order valence-electron chi connectivity index (χ4n) is 3.91. The number of ether oxygens (including phenoxy) is 1. The number of fused-ring (bicyclic) bond motifs is 1. The number of hydrogen-bond donors (Lipinski definition) is 1. The molecule has 1 fully saturated rings. The van der Waals surface area contributed by atoms with Crippen LogP contribution in [0.15, 0.2) is 76.3 Å². The zero-order chi connectivity index (χ0) is 23.7. The molecule has 0 aliphatic carbocycles. The number of benzene rings is 2. The van der Waals surface area contributed by atoms with Crippen LogP contribution in [0.5, 0.6) is 0 Å². The summed E-state index contributed by atoms with van der Waals surface area (Å²) in [6.45, 7) is 1.90. The topological polar surface area (TPSA) is 98.4 Å². The van der Waals surface area contributed by atoms with Gasteiger partial charge in [-0.2, -0.15) is 0 Å². The molecule has 3 aromatic rings. The van der Waals surface area contributed by atoms with Crippen molar-refractivity contribution in [3.05, 3.63) is 88.1 Å². The molecule has 0 bridgehead atoms. The lowest BCUT2D eigenvalue weighted by molar-refractivity contribution is -0.153. The maximum atomic E-state index is 13.7. The predicted molar refractivity (Wildman–Crippen MR) is 142 cm³/mol. The molecule has 5 rings (SSSR count). The largest absolute Gasteiger partial charge is 0.448 e. The molecule has 2 atom stereocenters. The fourth-order valence-corrected chi connectivity index (χ4v) is 7.16. The Bertz CT molecular complexity index is 1200. The standard InChI is InChI=1S/C24H22N4O3S3.ClH/c1-14-26-27-24(34-14)33-13-17-12-32-22-18(25)21(29)28(22)19(17)23(30)31-20(15-8-4-2-5-9-15)16-10-6-3-7-11-16;/h2-11,18,20,22H,12-13,25H2,1H3;1H/t18-,22+;/m1./s1. The summed E-state index contributed by atoms with van der Waals surface area (Å²) in [6.07, 6.45) is -0.597. The fraction of sp³-hybridized carbons (Fsp3) is 0.250. The monoisotopic (exact) mass is 546 g/mol. The Morgan fingerprint density at radius 3 is 2.34 bits per heavy atom. The first-order chi connectivity index (χ1) is 16.5. The van der Waals surface area contributed by atoms with Gasteiger partial charge in [0, 0.05) is 11.5 Å². The lowest BCUT2D eigenvalue weighted by atomic mass is 10.0. The molecule has 1 amide bonds. The first-order valence-electron chi connectivity index (χ1n) is 10.7. The SMILES string of the molecule is Cc1nnc(SCC2=C(C(=O)OC(c3ccccc3)c3ccccc3)N3C(=O)[C@@H](N)[C@@H]3SC2)s1.Cl. The highest BCUT2D eigenvalue weighted by Crippen LogP contribution is 2.42. The summed E-state index contributed by atoms with van der Waals surface area (Å²) < 4.78 is 6.93. The number of esters is 1. The molecule has 35 heavy (non-hydrogen) atoms. The molecule has 0 saturated carbocycles. The van der Waals surface area contributed by atoms with Gasteiger partial charge in [-0.15, -0.1) is 34.4 Å². The number of amides is 1. The molecule has 11 heteroatoms. The third-order valence-corrected chi connectivity index (χ3v) is 9.01. The molecule has 1 saturated heterocycles. The molecular weight excluding hydrogens is 524 g/mol. The van der Waals surface area contributed by atoms with E-state index in [-0.39, 0.29) is 23.7 Å². The summed E-state index contributed by atoms with van der Waals surface area (Å²) in [6, 6.07) is 18.6. The van der Waals surface area contributed by atoms with Crippen LogP contribution in [0.2, 0.25) is 0 Å². The second-order valence-corrected chi connectivity index (χ2v) is 11.4. The molecule has 2 aromatic carbocycles. The molecule has 3 heterocycles. The van der Waals surface area contributed by atoms with E-state index in [1.807, 2.05) is 67.6 Å². The predicted octanol–water partition coefficient (Wildman–Crippen LogP) is 4.19. The molecule has 0 spiro atoms. The Balaban J connectivity index is 0.00000289. The number of rotatable bonds is 7. The average molecular weight is 547 g/mol. The summed E-state index contributed by atoms with van der Waals surface area (Å²) >= 11 is 4.58. The van der Waals surface area contributed by atoms with Crippen molar-refractivity contribution < 1.29 is 14.3 Å². The molecule has 2 N–H and O–H groups in total. The number of hydrogen-bond acceptors (Lipinski definition) is 9. The zero-order valence-electron chi connectivity index (χ0n) is 18.7. The number of aromatic nitrogens is 2. The van der Waals surface area contributed by atoms with Crippen molar-refractivity contribution in [3.63, 3.8) is 0 Å². The first kappa shape index (κ1) is 25.7. The van der Waals surface area contributed by atoms with Gasteiger partial charge in [0.05, 0.1) is 0 Å². The van der Waals surface area contributed by atoms with Crippen LogP contribution in [0.3, 0.4) is 0 Å². The van der Waals surface area contributed by atoms with E-state index in [4.69, 9.17) is 10.5 Å². The Morgan fingerprint density at radius 2 is 1.77 bits per heavy atom. The van der Waals surface area contributed by atoms with Crippen LogP contribution in [0, 0.1) is 6.92 Å². The van der Waals surface area contributed by atoms with E-state index < -0.39 is 18.1 Å². The van der Waals surface area contributed by atoms with Crippen molar-refractivity contribution in [1.29, 1.82) is 0 Å². The molecule has 2 aliphatic rings. The molecule has 1 aromatic heterocycles. The number of carbonyl (C=O) groups is 2. The summed E-state index contributed by atoms with van der Waals surface area (Å²) in [7, 11) is 0. The summed E-state index contributed by atoms with van der Waals surface area (Å²) in [5.41, 5.74) is 8.89. The number of aryl methyl sites for hydroxylation is 1. The number of thioether (sulfide) groups is 2. The Morgan fingerprint density at radius 1 is 1.14 bits per heavy atom. The minimum absolute atomic E-state index is 0. The van der Waals surface area contributed by atoms with Gasteiger partial charge in [0.15, 0.2) is 10.4 Å². The van der Waals surface area contributed by atoms with Crippen molar-refractivity contribution in [1.82, 2.24) is 15.1 Å². The van der Waals surface area contributed by atoms with Crippen LogP contribution < -0.4 is 5.73 Å². The maximum Gasteiger partial charge on any atom is 0.356 e. The number of halogens is 1. The van der Waals surface area contributed by atoms with E-state index in [1.165, 1.54) is 28.0 Å². The Hall–Kier alpha value is -2.37. The van der Waals surface area contributed by atoms with Crippen molar-refractivity contribution in [2.75, 3.05) is 11.5 Å². The summed E-state index contributed by atoms with van der Waals surface area (Å²) in [4.78, 5) is 27.9. The van der Waals surface area contributed by atoms with Gasteiger partial charge in [-0.05, 0) is 23.6 Å². The minimum atomic E-state index is -0.605. The van der Waals surface area contributed by atoms with Crippen LogP contribution in [0.1, 0.15) is 22.2 Å². The Labute approximate surface area is 221 Å². The van der Waals surface area contributed by atoms with E-state index in [9.17, 15) is 9.59 Å². The highest BCUT2D eigenvalue weighted by Gasteiger charge is 2.52. The normalized spacial score (nSPS) is 19.2. The smallest absolute Gasteiger partial charge is 0.356 e. The molecule has 7 nitrogen and oxygen atoms in total. The zero-order valence-corrected chi connectivity index (χ0v) is 22.0. The van der Waals surface area contributed by atoms with Gasteiger partial charge in [-0.3, -0.25) is 9.69 Å². The summed E-state index contributed by atoms with van der Waals surface area (Å²) in [5, 5.41) is 8.84. The van der Waals surface area contributed by atoms with Crippen molar-refractivity contribution >= 4 is 59.1 Å². The number of nitrogens with zero attached hydrogens (tertiary/aromatic N) is 3. The second kappa shape index (κ2) is 11.1. The van der Waals surface area contributed by atoms with Crippen LogP contribution in [-0.2, 0) is 14.3 Å². The van der Waals surface area contributed by atoms with Crippen LogP contribution >= 0.6 is 47.3 Å². The van der Waals surface area contributed by atoms with E-state index in [1.54, 1.807) is 11.8 Å². The first-order valence-corrected chi connectivity index (χ1v) is 13.5. The van der Waals surface area contributed by atoms with Crippen LogP contribution in [0.4, 0.5) is 0 Å². The molecule has 0 radical (unpaired) electrons. The number of nitrogens with two attached hydrogens (primary N) is 1. The van der Waals surface area contributed by atoms with E-state index in [0.29, 0.717) is 17.2 Å². The number of β-lactam (4-membered cyclic amide) rings is 1. The van der Waals surface area contributed by atoms with Crippen LogP contribution in [0.25, 0.3) is 0 Å². The van der Waals surface area contributed by atoms with Gasteiger partial charge in [-0.1, -0.05) is 83.8 Å². The lowest BCUT2D eigenvalue weighted by Gasteiger charge is -2.48. The van der Waals surface area contributed by atoms with Crippen molar-refractivity contribution in [3.8, 4) is 0 Å². The van der Waals surface area contributed by atoms with Gasteiger partial charge in [0.2, 0.25) is 5.91 Å². The lowest BCUT2D eigenvalue weighted by Crippen LogP contribution is -2.68. The molecular formula is C24H23ClN4O3S3. The highest BCUT2D eigenvalue weighted by atomic mass is 35.5. The quantitative estimate of drug-likeness (QED) is 0.267. The highest BCUT2D eigenvalue weighted by molar-refractivity contribution is 8.01. The van der Waals surface area contributed by atoms with E-state index in [2.05, 4.69) is 10.2 Å². The third kappa shape index (κ3) is 5.26. The van der Waals surface area contributed by atoms with Gasteiger partial charge >= 0.3 is 5.97 Å². The number of carbonyl (C=O) groups excluding carboxylic acids is 2. The van der Waals surface area contributed by atoms with Crippen molar-refractivity contribution in [2.45, 2.75) is 28.8 Å².